The van der Waals surface area contributed by atoms with Crippen molar-refractivity contribution in [3.63, 3.8) is 0 Å². The number of rotatable bonds is 16. The number of halogens is 2. The van der Waals surface area contributed by atoms with E-state index in [0.717, 1.165) is 22.7 Å². The van der Waals surface area contributed by atoms with Crippen LogP contribution in [0.3, 0.4) is 0 Å². The van der Waals surface area contributed by atoms with Crippen LogP contribution in [0.25, 0.3) is 33.8 Å². The monoisotopic (exact) mass is 974 g/mol. The first-order chi connectivity index (χ1) is 35.2. The molecule has 2 aliphatic rings. The molecular formula is C48H44F2N18O4. The highest BCUT2D eigenvalue weighted by Gasteiger charge is 2.26. The Hall–Kier alpha value is -9.22. The number of imidazole rings is 2. The molecule has 2 amide bonds. The van der Waals surface area contributed by atoms with Crippen molar-refractivity contribution in [3.8, 4) is 34.0 Å². The summed E-state index contributed by atoms with van der Waals surface area (Å²) >= 11 is 0. The van der Waals surface area contributed by atoms with Gasteiger partial charge >= 0.3 is 0 Å². The van der Waals surface area contributed by atoms with E-state index in [1.165, 1.54) is 75.6 Å². The van der Waals surface area contributed by atoms with Crippen LogP contribution in [0.15, 0.2) is 98.1 Å². The minimum absolute atomic E-state index is 0.0640. The number of amides is 2. The second kappa shape index (κ2) is 19.3. The van der Waals surface area contributed by atoms with Gasteiger partial charge in [0.2, 0.25) is 0 Å². The predicted molar refractivity (Wildman–Crippen MR) is 252 cm³/mol. The normalized spacial score (nSPS) is 13.3. The van der Waals surface area contributed by atoms with Crippen molar-refractivity contribution in [1.29, 1.82) is 0 Å². The molecule has 2 fully saturated rings. The van der Waals surface area contributed by atoms with Crippen LogP contribution in [-0.2, 0) is 26.2 Å². The molecule has 12 rings (SSSR count). The predicted octanol–water partition coefficient (Wildman–Crippen LogP) is 5.43. The van der Waals surface area contributed by atoms with Crippen molar-refractivity contribution in [3.05, 3.63) is 155 Å². The van der Waals surface area contributed by atoms with Crippen LogP contribution < -0.4 is 20.1 Å². The van der Waals surface area contributed by atoms with Crippen LogP contribution in [0.4, 0.5) is 8.78 Å². The van der Waals surface area contributed by atoms with Crippen molar-refractivity contribution in [2.75, 3.05) is 14.2 Å². The quantitative estimate of drug-likeness (QED) is 0.0943. The van der Waals surface area contributed by atoms with Crippen LogP contribution in [0.2, 0.25) is 0 Å². The topological polar surface area (TPSA) is 256 Å². The first kappa shape index (κ1) is 45.2. The Morgan fingerprint density at radius 2 is 1.04 bits per heavy atom. The molecule has 0 spiro atoms. The van der Waals surface area contributed by atoms with Gasteiger partial charge in [-0.3, -0.25) is 19.8 Å². The van der Waals surface area contributed by atoms with E-state index in [0.29, 0.717) is 47.4 Å². The fourth-order valence-corrected chi connectivity index (χ4v) is 8.41. The summed E-state index contributed by atoms with van der Waals surface area (Å²) in [6, 6.07) is 14.6. The van der Waals surface area contributed by atoms with Gasteiger partial charge < -0.3 is 28.9 Å². The molecular weight excluding hydrogens is 931 g/mol. The molecule has 8 aromatic heterocycles. The lowest BCUT2D eigenvalue weighted by molar-refractivity contribution is 0.0937. The van der Waals surface area contributed by atoms with Crippen LogP contribution >= 0.6 is 0 Å². The van der Waals surface area contributed by atoms with Gasteiger partial charge in [0, 0.05) is 60.1 Å². The van der Waals surface area contributed by atoms with E-state index in [1.54, 1.807) is 33.9 Å². The number of benzene rings is 2. The first-order valence-corrected chi connectivity index (χ1v) is 22.9. The van der Waals surface area contributed by atoms with Crippen molar-refractivity contribution in [1.82, 2.24) is 90.2 Å². The summed E-state index contributed by atoms with van der Waals surface area (Å²) < 4.78 is 47.3. The summed E-state index contributed by atoms with van der Waals surface area (Å²) in [5, 5.41) is 41.9. The molecule has 0 atom stereocenters. The Kier molecular flexibility index (Phi) is 12.1. The molecule has 22 nitrogen and oxygen atoms in total. The lowest BCUT2D eigenvalue weighted by Crippen LogP contribution is -2.24. The number of carbonyl (C=O) groups excluding carboxylic acids is 2. The third-order valence-electron chi connectivity index (χ3n) is 12.4. The number of fused-ring (bicyclic) bond motifs is 2. The third kappa shape index (κ3) is 9.55. The number of ether oxygens (including phenoxy) is 2. The zero-order valence-electron chi connectivity index (χ0n) is 38.7. The second-order valence-corrected chi connectivity index (χ2v) is 17.4. The van der Waals surface area contributed by atoms with Crippen molar-refractivity contribution in [2.24, 2.45) is 0 Å². The maximum atomic E-state index is 15.0. The highest BCUT2D eigenvalue weighted by Crippen LogP contribution is 2.41. The second-order valence-electron chi connectivity index (χ2n) is 17.4. The number of carbonyl (C=O) groups is 2. The van der Waals surface area contributed by atoms with Gasteiger partial charge in [0.05, 0.1) is 63.5 Å². The lowest BCUT2D eigenvalue weighted by atomic mass is 10.0. The van der Waals surface area contributed by atoms with E-state index in [1.807, 2.05) is 33.3 Å². The van der Waals surface area contributed by atoms with Crippen LogP contribution in [-0.4, -0.2) is 106 Å². The highest BCUT2D eigenvalue weighted by atomic mass is 19.1. The van der Waals surface area contributed by atoms with Crippen LogP contribution in [0.1, 0.15) is 92.1 Å². The summed E-state index contributed by atoms with van der Waals surface area (Å²) in [4.78, 5) is 34.8. The molecule has 0 bridgehead atoms. The Morgan fingerprint density at radius 1 is 0.597 bits per heavy atom. The third-order valence-corrected chi connectivity index (χ3v) is 12.4. The van der Waals surface area contributed by atoms with Gasteiger partial charge in [-0.05, 0) is 85.0 Å². The van der Waals surface area contributed by atoms with E-state index in [9.17, 15) is 9.59 Å². The van der Waals surface area contributed by atoms with Gasteiger partial charge in [0.15, 0.2) is 34.5 Å². The number of hydrogen-bond donors (Lipinski definition) is 4. The number of nitrogens with one attached hydrogen (secondary N) is 4. The van der Waals surface area contributed by atoms with Crippen molar-refractivity contribution < 1.29 is 27.8 Å². The average molecular weight is 975 g/mol. The Morgan fingerprint density at radius 3 is 1.43 bits per heavy atom. The molecule has 0 radical (unpaired) electrons. The Balaban J connectivity index is 0.000000156. The molecule has 4 N–H and O–H groups in total. The van der Waals surface area contributed by atoms with Gasteiger partial charge in [-0.2, -0.15) is 0 Å². The Labute approximate surface area is 406 Å². The van der Waals surface area contributed by atoms with E-state index in [2.05, 4.69) is 96.6 Å². The molecule has 364 valence electrons. The molecule has 10 aromatic rings. The zero-order chi connectivity index (χ0) is 49.3. The van der Waals surface area contributed by atoms with Crippen LogP contribution in [0, 0.1) is 11.6 Å². The first-order valence-electron chi connectivity index (χ1n) is 22.9. The summed E-state index contributed by atoms with van der Waals surface area (Å²) in [5.74, 6) is -0.693. The van der Waals surface area contributed by atoms with E-state index in [4.69, 9.17) is 9.47 Å². The molecule has 24 heteroatoms. The molecule has 72 heavy (non-hydrogen) atoms. The fourth-order valence-electron chi connectivity index (χ4n) is 8.41. The average Bonchev–Trinajstić information content (AvgIpc) is 3.85. The van der Waals surface area contributed by atoms with Gasteiger partial charge in [0.25, 0.3) is 11.8 Å². The molecule has 2 aliphatic carbocycles. The minimum Gasteiger partial charge on any atom is -0.494 e. The van der Waals surface area contributed by atoms with E-state index < -0.39 is 23.4 Å². The number of pyridine rings is 2. The number of aromatic amines is 2. The summed E-state index contributed by atoms with van der Waals surface area (Å²) in [6.07, 6.45) is 19.3. The smallest absolute Gasteiger partial charge is 0.273 e. The maximum Gasteiger partial charge on any atom is 0.273 e. The molecule has 8 heterocycles. The maximum absolute atomic E-state index is 15.0. The van der Waals surface area contributed by atoms with Gasteiger partial charge in [-0.1, -0.05) is 33.0 Å². The number of aromatic nitrogens is 16. The largest absolute Gasteiger partial charge is 0.494 e. The highest BCUT2D eigenvalue weighted by molar-refractivity contribution is 5.92. The van der Waals surface area contributed by atoms with Crippen LogP contribution in [0.5, 0.6) is 11.5 Å². The van der Waals surface area contributed by atoms with Gasteiger partial charge in [0.1, 0.15) is 22.7 Å². The standard InChI is InChI=1S/2C24H22FN9O2/c2*1-36-21-6-5-17(19-9-27-31-29-19)18(23(21)25)8-26-24(35)20-13-34(32-30-20)12-16-11-33-10-15(14-2-3-14)4-7-22(33)28-16/h2*4-7,9-11,13-14H,2-3,8,12H2,1H3,(H,26,35)(H,27,29,31). The van der Waals surface area contributed by atoms with E-state index in [-0.39, 0.29) is 47.1 Å². The number of nitrogens with zero attached hydrogens (tertiary/aromatic N) is 14. The minimum atomic E-state index is -0.585. The number of hydrogen-bond acceptors (Lipinski definition) is 14. The molecule has 2 aromatic carbocycles. The number of methoxy groups -OCH3 is 2. The fraction of sp³-hybridized carbons (Fsp3) is 0.250. The SMILES string of the molecule is COc1ccc(-c2c[nH]nn2)c(CNC(=O)c2cn(Cc3cn4cc(C5CC5)ccc4n3)nn2)c1F.COc1ccc(-c2c[nH]nn2)c(CNC(=O)c2cn(Cc3cn4cc(C5CC5)ccc4n3)nn2)c1F. The molecule has 0 saturated heterocycles. The number of H-pyrrole nitrogens is 2. The lowest BCUT2D eigenvalue weighted by Gasteiger charge is -2.12. The molecule has 0 aliphatic heterocycles. The van der Waals surface area contributed by atoms with Crippen molar-refractivity contribution in [2.45, 2.75) is 63.7 Å². The zero-order valence-corrected chi connectivity index (χ0v) is 38.7. The van der Waals surface area contributed by atoms with E-state index >= 15 is 8.78 Å². The Bertz CT molecular complexity index is 3340. The van der Waals surface area contributed by atoms with Crippen molar-refractivity contribution >= 4 is 23.1 Å². The summed E-state index contributed by atoms with van der Waals surface area (Å²) in [6.45, 7) is 0.516. The molecule has 2 saturated carbocycles. The van der Waals surface area contributed by atoms with Gasteiger partial charge in [-0.15, -0.1) is 20.4 Å². The van der Waals surface area contributed by atoms with Gasteiger partial charge in [-0.25, -0.2) is 28.1 Å². The summed E-state index contributed by atoms with van der Waals surface area (Å²) in [7, 11) is 2.76. The molecule has 0 unspecified atom stereocenters. The summed E-state index contributed by atoms with van der Waals surface area (Å²) in [5.41, 5.74) is 8.51.